The third-order valence-electron chi connectivity index (χ3n) is 4.02. The molecule has 7 heteroatoms. The van der Waals surface area contributed by atoms with E-state index in [-0.39, 0.29) is 5.57 Å². The van der Waals surface area contributed by atoms with E-state index in [1.54, 1.807) is 48.5 Å². The van der Waals surface area contributed by atoms with Crippen LogP contribution in [0.25, 0.3) is 6.08 Å². The predicted molar refractivity (Wildman–Crippen MR) is 107 cm³/mol. The third kappa shape index (κ3) is 3.97. The number of carbonyl (C=O) groups is 3. The van der Waals surface area contributed by atoms with E-state index in [4.69, 9.17) is 16.3 Å². The van der Waals surface area contributed by atoms with E-state index in [1.165, 1.54) is 6.08 Å². The number of imide groups is 2. The molecule has 0 radical (unpaired) electrons. The van der Waals surface area contributed by atoms with Gasteiger partial charge in [0.1, 0.15) is 17.9 Å². The number of barbiturate groups is 1. The fraction of sp³-hybridized carbons (Fsp3) is 0.0952. The average molecular weight is 397 g/mol. The van der Waals surface area contributed by atoms with Gasteiger partial charge in [0.05, 0.1) is 10.7 Å². The zero-order chi connectivity index (χ0) is 20.3. The van der Waals surface area contributed by atoms with Crippen molar-refractivity contribution < 1.29 is 19.1 Å². The van der Waals surface area contributed by atoms with Gasteiger partial charge in [-0.2, -0.15) is 0 Å². The Hall–Kier alpha value is -3.38. The Morgan fingerprint density at radius 1 is 1.14 bits per heavy atom. The van der Waals surface area contributed by atoms with Gasteiger partial charge in [-0.25, -0.2) is 9.69 Å². The Labute approximate surface area is 167 Å². The van der Waals surface area contributed by atoms with E-state index >= 15 is 0 Å². The maximum absolute atomic E-state index is 12.8. The minimum atomic E-state index is -0.790. The Kier molecular flexibility index (Phi) is 5.61. The lowest BCUT2D eigenvalue weighted by Gasteiger charge is -2.26. The van der Waals surface area contributed by atoms with Crippen LogP contribution in [0.4, 0.5) is 10.5 Å². The molecule has 3 rings (SSSR count). The first-order valence-corrected chi connectivity index (χ1v) is 8.80. The van der Waals surface area contributed by atoms with Crippen LogP contribution >= 0.6 is 11.6 Å². The smallest absolute Gasteiger partial charge is 0.335 e. The number of urea groups is 1. The van der Waals surface area contributed by atoms with Crippen molar-refractivity contribution in [2.24, 2.45) is 0 Å². The lowest BCUT2D eigenvalue weighted by molar-refractivity contribution is -0.122. The van der Waals surface area contributed by atoms with Crippen molar-refractivity contribution in [3.63, 3.8) is 0 Å². The third-order valence-corrected chi connectivity index (χ3v) is 4.31. The highest BCUT2D eigenvalue weighted by Gasteiger charge is 2.36. The molecule has 2 aromatic rings. The Balaban J connectivity index is 1.93. The van der Waals surface area contributed by atoms with Gasteiger partial charge in [0, 0.05) is 0 Å². The number of hydrogen-bond acceptors (Lipinski definition) is 4. The average Bonchev–Trinajstić information content (AvgIpc) is 2.66. The molecule has 142 valence electrons. The summed E-state index contributed by atoms with van der Waals surface area (Å²) in [6, 6.07) is 10.9. The number of amides is 4. The van der Waals surface area contributed by atoms with Gasteiger partial charge in [0.2, 0.25) is 0 Å². The molecule has 1 aliphatic rings. The van der Waals surface area contributed by atoms with Crippen molar-refractivity contribution in [1.29, 1.82) is 0 Å². The standard InChI is InChI=1S/C21H17ClN2O4/c1-3-10-28-18-9-6-14(12-17(18)22)11-16-19(25)23-21(27)24(20(16)26)15-7-4-13(2)5-8-15/h3-9,11-12H,1,10H2,2H3,(H,23,25,27)/b16-11+. The molecule has 1 aliphatic heterocycles. The minimum Gasteiger partial charge on any atom is -0.488 e. The molecule has 0 bridgehead atoms. The van der Waals surface area contributed by atoms with Crippen LogP contribution in [-0.2, 0) is 9.59 Å². The van der Waals surface area contributed by atoms with Gasteiger partial charge < -0.3 is 4.74 Å². The number of carbonyl (C=O) groups excluding carboxylic acids is 3. The molecular weight excluding hydrogens is 380 g/mol. The SMILES string of the molecule is C=CCOc1ccc(/C=C2\C(=O)NC(=O)N(c3ccc(C)cc3)C2=O)cc1Cl. The van der Waals surface area contributed by atoms with Crippen LogP contribution in [0.2, 0.25) is 5.02 Å². The lowest BCUT2D eigenvalue weighted by Crippen LogP contribution is -2.54. The summed E-state index contributed by atoms with van der Waals surface area (Å²) in [4.78, 5) is 38.2. The van der Waals surface area contributed by atoms with Crippen LogP contribution in [-0.4, -0.2) is 24.5 Å². The number of nitrogens with zero attached hydrogens (tertiary/aromatic N) is 1. The summed E-state index contributed by atoms with van der Waals surface area (Å²) in [5.41, 5.74) is 1.70. The number of rotatable bonds is 5. The number of benzene rings is 2. The highest BCUT2D eigenvalue weighted by atomic mass is 35.5. The Morgan fingerprint density at radius 3 is 2.50 bits per heavy atom. The van der Waals surface area contributed by atoms with Crippen LogP contribution < -0.4 is 15.0 Å². The highest BCUT2D eigenvalue weighted by molar-refractivity contribution is 6.39. The fourth-order valence-corrected chi connectivity index (χ4v) is 2.87. The molecule has 4 amide bonds. The normalized spacial score (nSPS) is 15.6. The van der Waals surface area contributed by atoms with Crippen molar-refractivity contribution in [1.82, 2.24) is 5.32 Å². The molecule has 0 saturated carbocycles. The molecule has 0 aromatic heterocycles. The number of ether oxygens (including phenoxy) is 1. The highest BCUT2D eigenvalue weighted by Crippen LogP contribution is 2.28. The van der Waals surface area contributed by atoms with E-state index in [0.717, 1.165) is 10.5 Å². The predicted octanol–water partition coefficient (Wildman–Crippen LogP) is 3.88. The molecule has 2 aromatic carbocycles. The van der Waals surface area contributed by atoms with Crippen molar-refractivity contribution in [2.45, 2.75) is 6.92 Å². The number of hydrogen-bond donors (Lipinski definition) is 1. The molecule has 1 saturated heterocycles. The number of anilines is 1. The van der Waals surface area contributed by atoms with Gasteiger partial charge in [-0.15, -0.1) is 0 Å². The van der Waals surface area contributed by atoms with E-state index < -0.39 is 17.8 Å². The van der Waals surface area contributed by atoms with Crippen LogP contribution in [0.5, 0.6) is 5.75 Å². The van der Waals surface area contributed by atoms with Crippen molar-refractivity contribution in [3.05, 3.63) is 76.8 Å². The van der Waals surface area contributed by atoms with Crippen molar-refractivity contribution >= 4 is 41.2 Å². The minimum absolute atomic E-state index is 0.170. The van der Waals surface area contributed by atoms with E-state index in [9.17, 15) is 14.4 Å². The second-order valence-corrected chi connectivity index (χ2v) is 6.49. The van der Waals surface area contributed by atoms with Crippen LogP contribution in [0.1, 0.15) is 11.1 Å². The summed E-state index contributed by atoms with van der Waals surface area (Å²) in [5.74, 6) is -1.01. The largest absolute Gasteiger partial charge is 0.488 e. The van der Waals surface area contributed by atoms with E-state index in [2.05, 4.69) is 11.9 Å². The van der Waals surface area contributed by atoms with Crippen molar-refractivity contribution in [3.8, 4) is 5.75 Å². The number of aryl methyl sites for hydroxylation is 1. The Bertz CT molecular complexity index is 996. The quantitative estimate of drug-likeness (QED) is 0.472. The van der Waals surface area contributed by atoms with E-state index in [0.29, 0.717) is 28.6 Å². The molecule has 1 fully saturated rings. The summed E-state index contributed by atoms with van der Waals surface area (Å²) >= 11 is 6.18. The van der Waals surface area contributed by atoms with Crippen LogP contribution in [0.15, 0.2) is 60.7 Å². The van der Waals surface area contributed by atoms with E-state index in [1.807, 2.05) is 6.92 Å². The Morgan fingerprint density at radius 2 is 1.86 bits per heavy atom. The summed E-state index contributed by atoms with van der Waals surface area (Å²) in [5, 5.41) is 2.51. The zero-order valence-electron chi connectivity index (χ0n) is 15.1. The second kappa shape index (κ2) is 8.10. The second-order valence-electron chi connectivity index (χ2n) is 6.08. The molecule has 0 spiro atoms. The maximum atomic E-state index is 12.8. The molecule has 0 atom stereocenters. The molecule has 1 heterocycles. The molecule has 1 N–H and O–H groups in total. The number of halogens is 1. The molecular formula is C21H17ClN2O4. The van der Waals surface area contributed by atoms with Crippen LogP contribution in [0, 0.1) is 6.92 Å². The summed E-state index contributed by atoms with van der Waals surface area (Å²) in [6.45, 7) is 5.76. The van der Waals surface area contributed by atoms with Crippen molar-refractivity contribution in [2.75, 3.05) is 11.5 Å². The molecule has 0 unspecified atom stereocenters. The van der Waals surface area contributed by atoms with Gasteiger partial charge in [-0.1, -0.05) is 48.0 Å². The summed E-state index contributed by atoms with van der Waals surface area (Å²) in [6.07, 6.45) is 2.97. The fourth-order valence-electron chi connectivity index (χ4n) is 2.63. The molecule has 6 nitrogen and oxygen atoms in total. The van der Waals surface area contributed by atoms with Gasteiger partial charge >= 0.3 is 6.03 Å². The maximum Gasteiger partial charge on any atom is 0.335 e. The van der Waals surface area contributed by atoms with Gasteiger partial charge in [0.25, 0.3) is 11.8 Å². The van der Waals surface area contributed by atoms with Gasteiger partial charge in [-0.05, 0) is 42.8 Å². The van der Waals surface area contributed by atoms with Crippen LogP contribution in [0.3, 0.4) is 0 Å². The summed E-state index contributed by atoms with van der Waals surface area (Å²) in [7, 11) is 0. The first-order chi connectivity index (χ1) is 13.4. The lowest BCUT2D eigenvalue weighted by atomic mass is 10.1. The topological polar surface area (TPSA) is 75.7 Å². The first kappa shape index (κ1) is 19.4. The monoisotopic (exact) mass is 396 g/mol. The summed E-state index contributed by atoms with van der Waals surface area (Å²) < 4.78 is 5.40. The van der Waals surface area contributed by atoms with Gasteiger partial charge in [0.15, 0.2) is 0 Å². The number of nitrogens with one attached hydrogen (secondary N) is 1. The van der Waals surface area contributed by atoms with Gasteiger partial charge in [-0.3, -0.25) is 14.9 Å². The molecule has 0 aliphatic carbocycles. The zero-order valence-corrected chi connectivity index (χ0v) is 15.8. The first-order valence-electron chi connectivity index (χ1n) is 8.42. The molecule has 28 heavy (non-hydrogen) atoms.